The van der Waals surface area contributed by atoms with Crippen molar-refractivity contribution in [3.05, 3.63) is 72.2 Å². The van der Waals surface area contributed by atoms with Crippen LogP contribution in [-0.2, 0) is 11.2 Å². The molecule has 0 aliphatic carbocycles. The molecule has 0 saturated heterocycles. The van der Waals surface area contributed by atoms with Crippen LogP contribution in [0.3, 0.4) is 0 Å². The Labute approximate surface area is 203 Å². The highest BCUT2D eigenvalue weighted by Gasteiger charge is 2.27. The van der Waals surface area contributed by atoms with Gasteiger partial charge in [0, 0.05) is 30.7 Å². The Morgan fingerprint density at radius 1 is 1.00 bits per heavy atom. The summed E-state index contributed by atoms with van der Waals surface area (Å²) in [5, 5.41) is 20.5. The summed E-state index contributed by atoms with van der Waals surface area (Å²) in [7, 11) is 0. The van der Waals surface area contributed by atoms with Crippen molar-refractivity contribution in [3.8, 4) is 0 Å². The molecular weight excluding hydrogens is 448 g/mol. The van der Waals surface area contributed by atoms with Crippen LogP contribution in [0.25, 0.3) is 0 Å². The number of carboxylic acids is 1. The van der Waals surface area contributed by atoms with E-state index in [4.69, 9.17) is 0 Å². The molecule has 1 aromatic carbocycles. The number of nitrogens with one attached hydrogen (secondary N) is 4. The molecule has 2 aromatic heterocycles. The van der Waals surface area contributed by atoms with E-state index in [1.807, 2.05) is 0 Å². The van der Waals surface area contributed by atoms with Gasteiger partial charge >= 0.3 is 12.0 Å². The number of nitrogens with zero attached hydrogens (tertiary/aromatic N) is 2. The maximum absolute atomic E-state index is 13.1. The Morgan fingerprint density at radius 2 is 1.74 bits per heavy atom. The maximum atomic E-state index is 13.1. The highest BCUT2D eigenvalue weighted by molar-refractivity contribution is 6.08. The van der Waals surface area contributed by atoms with Crippen molar-refractivity contribution in [2.75, 3.05) is 22.5 Å². The van der Waals surface area contributed by atoms with Gasteiger partial charge in [-0.05, 0) is 57.0 Å². The van der Waals surface area contributed by atoms with Crippen LogP contribution in [0.5, 0.6) is 0 Å². The third kappa shape index (κ3) is 7.00. The zero-order valence-corrected chi connectivity index (χ0v) is 19.8. The second-order valence-electron chi connectivity index (χ2n) is 8.48. The third-order valence-corrected chi connectivity index (χ3v) is 5.10. The van der Waals surface area contributed by atoms with Gasteiger partial charge in [0.1, 0.15) is 5.82 Å². The minimum absolute atomic E-state index is 0.256. The summed E-state index contributed by atoms with van der Waals surface area (Å²) in [4.78, 5) is 44.6. The summed E-state index contributed by atoms with van der Waals surface area (Å²) in [6.07, 6.45) is 4.98. The van der Waals surface area contributed by atoms with Gasteiger partial charge in [-0.25, -0.2) is 9.78 Å². The van der Waals surface area contributed by atoms with Gasteiger partial charge in [0.05, 0.1) is 28.6 Å². The van der Waals surface area contributed by atoms with E-state index in [1.165, 1.54) is 6.20 Å². The molecule has 3 aromatic rings. The van der Waals surface area contributed by atoms with Crippen molar-refractivity contribution < 1.29 is 19.5 Å². The normalized spacial score (nSPS) is 10.8. The average molecular weight is 477 g/mol. The number of urea groups is 1. The molecular formula is C25H28N6O4. The van der Waals surface area contributed by atoms with Gasteiger partial charge in [0.2, 0.25) is 0 Å². The number of carbonyl (C=O) groups is 3. The number of carbonyl (C=O) groups excluding carboxylic acids is 2. The fraction of sp³-hybridized carbons (Fsp3) is 0.240. The zero-order valence-electron chi connectivity index (χ0n) is 19.8. The number of pyridine rings is 2. The molecule has 35 heavy (non-hydrogen) atoms. The van der Waals surface area contributed by atoms with Crippen molar-refractivity contribution >= 4 is 40.8 Å². The number of benzene rings is 1. The molecule has 0 saturated carbocycles. The van der Waals surface area contributed by atoms with E-state index in [0.717, 1.165) is 5.56 Å². The number of carboxylic acid groups (broad SMARTS) is 1. The minimum Gasteiger partial charge on any atom is -0.481 e. The van der Waals surface area contributed by atoms with Gasteiger partial charge < -0.3 is 21.1 Å². The Kier molecular flexibility index (Phi) is 7.98. The van der Waals surface area contributed by atoms with Crippen LogP contribution in [0.1, 0.15) is 36.7 Å². The lowest BCUT2D eigenvalue weighted by Gasteiger charge is -2.19. The Hall–Kier alpha value is -4.47. The van der Waals surface area contributed by atoms with Gasteiger partial charge in [0.15, 0.2) is 0 Å². The lowest BCUT2D eigenvalue weighted by Crippen LogP contribution is -2.28. The summed E-state index contributed by atoms with van der Waals surface area (Å²) in [6.45, 7) is 5.59. The van der Waals surface area contributed by atoms with E-state index in [2.05, 4.69) is 31.2 Å². The van der Waals surface area contributed by atoms with E-state index in [1.54, 1.807) is 75.6 Å². The van der Waals surface area contributed by atoms with E-state index in [0.29, 0.717) is 30.0 Å². The fourth-order valence-corrected chi connectivity index (χ4v) is 3.21. The number of aliphatic carboxylic acids is 1. The number of anilines is 4. The highest BCUT2D eigenvalue weighted by atomic mass is 16.4. The smallest absolute Gasteiger partial charge is 0.320 e. The van der Waals surface area contributed by atoms with Crippen molar-refractivity contribution in [1.29, 1.82) is 0 Å². The zero-order chi connectivity index (χ0) is 25.4. The van der Waals surface area contributed by atoms with E-state index in [-0.39, 0.29) is 11.4 Å². The van der Waals surface area contributed by atoms with E-state index in [9.17, 15) is 19.5 Å². The predicted molar refractivity (Wildman–Crippen MR) is 134 cm³/mol. The first-order chi connectivity index (χ1) is 16.7. The van der Waals surface area contributed by atoms with Crippen LogP contribution in [-0.4, -0.2) is 39.5 Å². The van der Waals surface area contributed by atoms with Crippen molar-refractivity contribution in [2.45, 2.75) is 27.2 Å². The van der Waals surface area contributed by atoms with E-state index >= 15 is 0 Å². The molecule has 0 spiro atoms. The number of hydrogen-bond acceptors (Lipinski definition) is 6. The van der Waals surface area contributed by atoms with Crippen LogP contribution in [0.2, 0.25) is 0 Å². The van der Waals surface area contributed by atoms with Gasteiger partial charge in [-0.1, -0.05) is 12.1 Å². The summed E-state index contributed by atoms with van der Waals surface area (Å²) in [5.74, 6) is -1.02. The molecule has 10 heteroatoms. The van der Waals surface area contributed by atoms with Crippen LogP contribution in [0, 0.1) is 5.41 Å². The van der Waals surface area contributed by atoms with Crippen LogP contribution >= 0.6 is 0 Å². The number of aromatic nitrogens is 2. The maximum Gasteiger partial charge on any atom is 0.320 e. The molecule has 0 bridgehead atoms. The molecule has 10 nitrogen and oxygen atoms in total. The predicted octanol–water partition coefficient (Wildman–Crippen LogP) is 4.27. The third-order valence-electron chi connectivity index (χ3n) is 5.10. The topological polar surface area (TPSA) is 145 Å². The Balaban J connectivity index is 1.80. The molecule has 0 radical (unpaired) electrons. The number of amides is 3. The summed E-state index contributed by atoms with van der Waals surface area (Å²) >= 11 is 0. The molecule has 2 heterocycles. The van der Waals surface area contributed by atoms with Crippen LogP contribution in [0.4, 0.5) is 27.7 Å². The summed E-state index contributed by atoms with van der Waals surface area (Å²) in [5.41, 5.74) is 1.83. The molecule has 3 amide bonds. The molecule has 3 rings (SSSR count). The first-order valence-electron chi connectivity index (χ1n) is 11.0. The first kappa shape index (κ1) is 25.2. The van der Waals surface area contributed by atoms with Gasteiger partial charge in [-0.2, -0.15) is 0 Å². The molecule has 0 fully saturated rings. The fourth-order valence-electron chi connectivity index (χ4n) is 3.21. The lowest BCUT2D eigenvalue weighted by molar-refractivity contribution is -0.146. The quantitative estimate of drug-likeness (QED) is 0.310. The minimum atomic E-state index is -0.896. The highest BCUT2D eigenvalue weighted by Crippen LogP contribution is 2.26. The largest absolute Gasteiger partial charge is 0.481 e. The SMILES string of the molecule is CCNC(=O)Nc1cc(Nc2cccnc2)c(C(=O)Nc2ccc(CC(C)(C)C(=O)O)cc2)cn1. The summed E-state index contributed by atoms with van der Waals surface area (Å²) in [6, 6.07) is 11.7. The molecule has 0 aliphatic heterocycles. The van der Waals surface area contributed by atoms with Crippen LogP contribution in [0.15, 0.2) is 61.1 Å². The molecule has 0 atom stereocenters. The van der Waals surface area contributed by atoms with E-state index < -0.39 is 23.3 Å². The van der Waals surface area contributed by atoms with Gasteiger partial charge in [-0.3, -0.25) is 19.9 Å². The standard InChI is InChI=1S/C25H28N6O4/c1-4-27-24(35)31-21-12-20(29-18-6-5-11-26-14-18)19(15-28-21)22(32)30-17-9-7-16(8-10-17)13-25(2,3)23(33)34/h5-12,14-15H,4,13H2,1-3H3,(H,30,32)(H,33,34)(H3,27,28,29,31,35). The molecule has 5 N–H and O–H groups in total. The Bertz CT molecular complexity index is 1200. The second kappa shape index (κ2) is 11.1. The van der Waals surface area contributed by atoms with Gasteiger partial charge in [0.25, 0.3) is 5.91 Å². The monoisotopic (exact) mass is 476 g/mol. The summed E-state index contributed by atoms with van der Waals surface area (Å²) < 4.78 is 0. The van der Waals surface area contributed by atoms with Crippen molar-refractivity contribution in [1.82, 2.24) is 15.3 Å². The average Bonchev–Trinajstić information content (AvgIpc) is 2.81. The first-order valence-corrected chi connectivity index (χ1v) is 11.0. The Morgan fingerprint density at radius 3 is 2.37 bits per heavy atom. The molecule has 0 aliphatic rings. The lowest BCUT2D eigenvalue weighted by atomic mass is 9.86. The molecule has 0 unspecified atom stereocenters. The number of hydrogen-bond donors (Lipinski definition) is 5. The molecule has 182 valence electrons. The number of rotatable bonds is 9. The van der Waals surface area contributed by atoms with Crippen LogP contribution < -0.4 is 21.3 Å². The van der Waals surface area contributed by atoms with Crippen molar-refractivity contribution in [3.63, 3.8) is 0 Å². The van der Waals surface area contributed by atoms with Crippen molar-refractivity contribution in [2.24, 2.45) is 5.41 Å². The second-order valence-corrected chi connectivity index (χ2v) is 8.48. The van der Waals surface area contributed by atoms with Gasteiger partial charge in [-0.15, -0.1) is 0 Å².